The molecular weight excluding hydrogens is 314 g/mol. The third kappa shape index (κ3) is 4.98. The lowest BCUT2D eigenvalue weighted by Gasteiger charge is -2.18. The molecule has 6 heteroatoms. The van der Waals surface area contributed by atoms with Crippen molar-refractivity contribution in [2.45, 2.75) is 39.8 Å². The molecule has 0 saturated carbocycles. The highest BCUT2D eigenvalue weighted by Gasteiger charge is 2.13. The largest absolute Gasteiger partial charge is 0.497 e. The quantitative estimate of drug-likeness (QED) is 0.624. The molecule has 0 saturated heterocycles. The molecule has 0 bridgehead atoms. The summed E-state index contributed by atoms with van der Waals surface area (Å²) in [5.41, 5.74) is 4.78. The van der Waals surface area contributed by atoms with Gasteiger partial charge < -0.3 is 15.4 Å². The van der Waals surface area contributed by atoms with Crippen LogP contribution in [0.5, 0.6) is 5.75 Å². The number of ether oxygens (including phenoxy) is 1. The average Bonchev–Trinajstić information content (AvgIpc) is 2.85. The summed E-state index contributed by atoms with van der Waals surface area (Å²) in [6.07, 6.45) is 0.911. The van der Waals surface area contributed by atoms with Gasteiger partial charge in [-0.2, -0.15) is 5.10 Å². The number of rotatable bonds is 6. The zero-order chi connectivity index (χ0) is 18.4. The van der Waals surface area contributed by atoms with E-state index in [4.69, 9.17) is 4.74 Å². The minimum atomic E-state index is 0.253. The van der Waals surface area contributed by atoms with Gasteiger partial charge in [-0.1, -0.05) is 12.1 Å². The SMILES string of the molecule is CN=C(NCc1ccc(OC)cc1)NC(C)Cc1c(C)nn(C)c1C. The van der Waals surface area contributed by atoms with Crippen molar-refractivity contribution in [3.05, 3.63) is 46.8 Å². The van der Waals surface area contributed by atoms with Crippen molar-refractivity contribution in [3.8, 4) is 5.75 Å². The van der Waals surface area contributed by atoms with E-state index in [-0.39, 0.29) is 6.04 Å². The molecule has 1 aromatic heterocycles. The van der Waals surface area contributed by atoms with Crippen molar-refractivity contribution >= 4 is 5.96 Å². The summed E-state index contributed by atoms with van der Waals surface area (Å²) in [5, 5.41) is 11.3. The van der Waals surface area contributed by atoms with Gasteiger partial charge in [0, 0.05) is 32.4 Å². The number of aryl methyl sites for hydroxylation is 2. The molecule has 0 spiro atoms. The van der Waals surface area contributed by atoms with Gasteiger partial charge in [-0.3, -0.25) is 9.67 Å². The van der Waals surface area contributed by atoms with E-state index in [0.29, 0.717) is 6.54 Å². The molecule has 0 aliphatic rings. The summed E-state index contributed by atoms with van der Waals surface area (Å²) in [5.74, 6) is 1.66. The highest BCUT2D eigenvalue weighted by atomic mass is 16.5. The number of nitrogens with zero attached hydrogens (tertiary/aromatic N) is 3. The molecule has 2 rings (SSSR count). The number of guanidine groups is 1. The second-order valence-corrected chi connectivity index (χ2v) is 6.30. The first kappa shape index (κ1) is 18.8. The smallest absolute Gasteiger partial charge is 0.191 e. The van der Waals surface area contributed by atoms with Crippen LogP contribution in [-0.4, -0.2) is 35.9 Å². The Balaban J connectivity index is 1.90. The summed E-state index contributed by atoms with van der Waals surface area (Å²) in [6.45, 7) is 7.04. The lowest BCUT2D eigenvalue weighted by molar-refractivity contribution is 0.414. The summed E-state index contributed by atoms with van der Waals surface area (Å²) >= 11 is 0. The Morgan fingerprint density at radius 1 is 1.28 bits per heavy atom. The molecule has 1 unspecified atom stereocenters. The zero-order valence-corrected chi connectivity index (χ0v) is 16.1. The molecule has 0 aliphatic heterocycles. The molecule has 136 valence electrons. The number of hydrogen-bond donors (Lipinski definition) is 2. The molecule has 6 nitrogen and oxygen atoms in total. The van der Waals surface area contributed by atoms with E-state index in [1.54, 1.807) is 14.2 Å². The fourth-order valence-electron chi connectivity index (χ4n) is 2.83. The van der Waals surface area contributed by atoms with Gasteiger partial charge in [0.25, 0.3) is 0 Å². The monoisotopic (exact) mass is 343 g/mol. The van der Waals surface area contributed by atoms with E-state index in [1.807, 2.05) is 36.0 Å². The Bertz CT molecular complexity index is 718. The predicted molar refractivity (Wildman–Crippen MR) is 102 cm³/mol. The Hall–Kier alpha value is -2.50. The van der Waals surface area contributed by atoms with Crippen molar-refractivity contribution in [2.24, 2.45) is 12.0 Å². The maximum atomic E-state index is 5.18. The van der Waals surface area contributed by atoms with E-state index in [0.717, 1.165) is 23.8 Å². The number of aliphatic imine (C=N–C) groups is 1. The van der Waals surface area contributed by atoms with Crippen molar-refractivity contribution in [1.29, 1.82) is 0 Å². The van der Waals surface area contributed by atoms with Gasteiger partial charge in [-0.15, -0.1) is 0 Å². The Morgan fingerprint density at radius 2 is 1.96 bits per heavy atom. The van der Waals surface area contributed by atoms with Gasteiger partial charge in [0.15, 0.2) is 5.96 Å². The summed E-state index contributed by atoms with van der Waals surface area (Å²) in [7, 11) is 5.45. The standard InChI is InChI=1S/C19H29N5O/c1-13(11-18-14(2)23-24(5)15(18)3)22-19(20-4)21-12-16-7-9-17(25-6)10-8-16/h7-10,13H,11-12H2,1-6H3,(H2,20,21,22). The van der Waals surface area contributed by atoms with Crippen LogP contribution >= 0.6 is 0 Å². The molecule has 0 radical (unpaired) electrons. The summed E-state index contributed by atoms with van der Waals surface area (Å²) in [4.78, 5) is 4.32. The number of aromatic nitrogens is 2. The number of nitrogens with one attached hydrogen (secondary N) is 2. The second-order valence-electron chi connectivity index (χ2n) is 6.30. The van der Waals surface area contributed by atoms with Crippen LogP contribution in [0.3, 0.4) is 0 Å². The topological polar surface area (TPSA) is 63.5 Å². The third-order valence-corrected chi connectivity index (χ3v) is 4.39. The van der Waals surface area contributed by atoms with Crippen molar-refractivity contribution in [2.75, 3.05) is 14.2 Å². The first-order valence-electron chi connectivity index (χ1n) is 8.53. The Labute approximate surface area is 150 Å². The molecule has 25 heavy (non-hydrogen) atoms. The molecule has 0 amide bonds. The summed E-state index contributed by atoms with van der Waals surface area (Å²) < 4.78 is 7.12. The van der Waals surface area contributed by atoms with E-state index >= 15 is 0 Å². The fraction of sp³-hybridized carbons (Fsp3) is 0.474. The van der Waals surface area contributed by atoms with Crippen LogP contribution in [0, 0.1) is 13.8 Å². The minimum Gasteiger partial charge on any atom is -0.497 e. The van der Waals surface area contributed by atoms with Crippen molar-refractivity contribution < 1.29 is 4.74 Å². The van der Waals surface area contributed by atoms with Crippen LogP contribution in [0.4, 0.5) is 0 Å². The first-order valence-corrected chi connectivity index (χ1v) is 8.53. The zero-order valence-electron chi connectivity index (χ0n) is 16.1. The number of benzene rings is 1. The van der Waals surface area contributed by atoms with Gasteiger partial charge >= 0.3 is 0 Å². The lowest BCUT2D eigenvalue weighted by atomic mass is 10.1. The van der Waals surface area contributed by atoms with Gasteiger partial charge in [0.1, 0.15) is 5.75 Å². The van der Waals surface area contributed by atoms with E-state index in [1.165, 1.54) is 16.8 Å². The maximum absolute atomic E-state index is 5.18. The normalized spacial score (nSPS) is 12.8. The van der Waals surface area contributed by atoms with Gasteiger partial charge in [0.2, 0.25) is 0 Å². The van der Waals surface area contributed by atoms with Crippen molar-refractivity contribution in [1.82, 2.24) is 20.4 Å². The number of hydrogen-bond acceptors (Lipinski definition) is 3. The fourth-order valence-corrected chi connectivity index (χ4v) is 2.83. The van der Waals surface area contributed by atoms with Crippen LogP contribution in [-0.2, 0) is 20.0 Å². The van der Waals surface area contributed by atoms with Crippen LogP contribution in [0.2, 0.25) is 0 Å². The summed E-state index contributed by atoms with van der Waals surface area (Å²) in [6, 6.07) is 8.27. The molecule has 0 fully saturated rings. The van der Waals surface area contributed by atoms with Gasteiger partial charge in [-0.25, -0.2) is 0 Å². The minimum absolute atomic E-state index is 0.253. The van der Waals surface area contributed by atoms with E-state index in [2.05, 4.69) is 41.5 Å². The highest BCUT2D eigenvalue weighted by molar-refractivity contribution is 5.79. The molecule has 1 atom stereocenters. The average molecular weight is 343 g/mol. The van der Waals surface area contributed by atoms with Crippen LogP contribution in [0.25, 0.3) is 0 Å². The van der Waals surface area contributed by atoms with Crippen LogP contribution < -0.4 is 15.4 Å². The van der Waals surface area contributed by atoms with Crippen molar-refractivity contribution in [3.63, 3.8) is 0 Å². The third-order valence-electron chi connectivity index (χ3n) is 4.39. The first-order chi connectivity index (χ1) is 11.9. The second kappa shape index (κ2) is 8.55. The van der Waals surface area contributed by atoms with Gasteiger partial charge in [-0.05, 0) is 50.5 Å². The lowest BCUT2D eigenvalue weighted by Crippen LogP contribution is -2.42. The van der Waals surface area contributed by atoms with E-state index in [9.17, 15) is 0 Å². The molecule has 1 heterocycles. The molecular formula is C19H29N5O. The molecule has 1 aromatic carbocycles. The van der Waals surface area contributed by atoms with Crippen LogP contribution in [0.1, 0.15) is 29.4 Å². The Kier molecular flexibility index (Phi) is 6.44. The van der Waals surface area contributed by atoms with E-state index < -0.39 is 0 Å². The van der Waals surface area contributed by atoms with Crippen LogP contribution in [0.15, 0.2) is 29.3 Å². The Morgan fingerprint density at radius 3 is 2.48 bits per heavy atom. The van der Waals surface area contributed by atoms with Gasteiger partial charge in [0.05, 0.1) is 12.8 Å². The molecule has 2 N–H and O–H groups in total. The molecule has 2 aromatic rings. The molecule has 0 aliphatic carbocycles. The maximum Gasteiger partial charge on any atom is 0.191 e. The predicted octanol–water partition coefficient (Wildman–Crippen LogP) is 2.34. The highest BCUT2D eigenvalue weighted by Crippen LogP contribution is 2.14. The number of methoxy groups -OCH3 is 1.